The third-order valence-corrected chi connectivity index (χ3v) is 8.48. The number of nitrogens with zero attached hydrogens (tertiary/aromatic N) is 2. The van der Waals surface area contributed by atoms with E-state index in [0.29, 0.717) is 11.8 Å². The van der Waals surface area contributed by atoms with Crippen LogP contribution in [0.4, 0.5) is 5.69 Å². The van der Waals surface area contributed by atoms with Crippen molar-refractivity contribution in [2.45, 2.75) is 95.6 Å². The highest BCUT2D eigenvalue weighted by Gasteiger charge is 2.47. The number of benzene rings is 1. The van der Waals surface area contributed by atoms with Crippen molar-refractivity contribution in [3.05, 3.63) is 29.8 Å². The van der Waals surface area contributed by atoms with Gasteiger partial charge in [0.2, 0.25) is 5.91 Å². The molecule has 2 saturated heterocycles. The maximum Gasteiger partial charge on any atom is 0.233 e. The van der Waals surface area contributed by atoms with Crippen LogP contribution in [0.1, 0.15) is 89.0 Å². The van der Waals surface area contributed by atoms with Gasteiger partial charge in [-0.1, -0.05) is 31.4 Å². The quantitative estimate of drug-likeness (QED) is 0.692. The van der Waals surface area contributed by atoms with Crippen LogP contribution in [-0.4, -0.2) is 36.0 Å². The van der Waals surface area contributed by atoms with E-state index in [0.717, 1.165) is 43.6 Å². The van der Waals surface area contributed by atoms with Gasteiger partial charge >= 0.3 is 0 Å². The Bertz CT molecular complexity index is 706. The molecule has 2 saturated carbocycles. The predicted octanol–water partition coefficient (Wildman–Crippen LogP) is 5.49. The van der Waals surface area contributed by atoms with Crippen LogP contribution < -0.4 is 4.90 Å². The number of carbonyl (C=O) groups is 1. The Morgan fingerprint density at radius 3 is 2.39 bits per heavy atom. The van der Waals surface area contributed by atoms with E-state index in [-0.39, 0.29) is 5.41 Å². The maximum atomic E-state index is 13.2. The summed E-state index contributed by atoms with van der Waals surface area (Å²) in [4.78, 5) is 18.0. The average Bonchev–Trinajstić information content (AvgIpc) is 3.44. The molecule has 28 heavy (non-hydrogen) atoms. The molecule has 1 aromatic carbocycles. The Labute approximate surface area is 170 Å². The van der Waals surface area contributed by atoms with E-state index in [9.17, 15) is 4.79 Å². The SMILES string of the molecule is C[C@H]1CCCN1[C@H]1CC[C@H](c2ccc(N3CCC4(CCCCC4)C3=O)cc2)C1. The molecule has 1 aromatic rings. The molecule has 1 spiro atoms. The summed E-state index contributed by atoms with van der Waals surface area (Å²) < 4.78 is 0. The number of rotatable bonds is 3. The molecule has 0 N–H and O–H groups in total. The zero-order valence-corrected chi connectivity index (χ0v) is 17.5. The van der Waals surface area contributed by atoms with Crippen molar-refractivity contribution in [2.75, 3.05) is 18.0 Å². The van der Waals surface area contributed by atoms with Crippen LogP contribution in [0.25, 0.3) is 0 Å². The van der Waals surface area contributed by atoms with Crippen LogP contribution in [0.3, 0.4) is 0 Å². The summed E-state index contributed by atoms with van der Waals surface area (Å²) in [5, 5.41) is 0. The van der Waals surface area contributed by atoms with E-state index in [1.54, 1.807) is 0 Å². The van der Waals surface area contributed by atoms with Gasteiger partial charge in [0.15, 0.2) is 0 Å². The number of amides is 1. The molecule has 5 rings (SSSR count). The third-order valence-electron chi connectivity index (χ3n) is 8.48. The van der Waals surface area contributed by atoms with Gasteiger partial charge in [0.25, 0.3) is 0 Å². The highest BCUT2D eigenvalue weighted by Crippen LogP contribution is 2.46. The minimum atomic E-state index is -0.0258. The molecule has 2 aliphatic carbocycles. The summed E-state index contributed by atoms with van der Waals surface area (Å²) >= 11 is 0. The number of hydrogen-bond acceptors (Lipinski definition) is 2. The van der Waals surface area contributed by atoms with Crippen molar-refractivity contribution in [3.63, 3.8) is 0 Å². The molecule has 4 aliphatic rings. The summed E-state index contributed by atoms with van der Waals surface area (Å²) in [5.41, 5.74) is 2.58. The van der Waals surface area contributed by atoms with Crippen LogP contribution in [0, 0.1) is 5.41 Å². The fourth-order valence-electron chi connectivity index (χ4n) is 6.75. The van der Waals surface area contributed by atoms with E-state index in [1.807, 2.05) is 0 Å². The standard InChI is InChI=1S/C25H36N2O/c1-19-6-5-16-26(19)23-12-9-21(18-23)20-7-10-22(11-8-20)27-17-15-25(24(27)28)13-3-2-4-14-25/h7-8,10-11,19,21,23H,2-6,9,12-18H2,1H3/t19-,21-,23-/m0/s1. The lowest BCUT2D eigenvalue weighted by atomic mass is 9.73. The second-order valence-electron chi connectivity index (χ2n) is 10.0. The Morgan fingerprint density at radius 2 is 1.68 bits per heavy atom. The van der Waals surface area contributed by atoms with Crippen molar-refractivity contribution in [1.29, 1.82) is 0 Å². The molecule has 1 amide bonds. The largest absolute Gasteiger partial charge is 0.312 e. The second-order valence-corrected chi connectivity index (χ2v) is 10.0. The summed E-state index contributed by atoms with van der Waals surface area (Å²) in [6.45, 7) is 4.62. The fourth-order valence-corrected chi connectivity index (χ4v) is 6.75. The molecule has 3 nitrogen and oxygen atoms in total. The Morgan fingerprint density at radius 1 is 0.893 bits per heavy atom. The van der Waals surface area contributed by atoms with Gasteiger partial charge in [-0.05, 0) is 88.4 Å². The zero-order chi connectivity index (χ0) is 19.1. The van der Waals surface area contributed by atoms with Gasteiger partial charge in [-0.2, -0.15) is 0 Å². The van der Waals surface area contributed by atoms with E-state index in [1.165, 1.54) is 63.5 Å². The van der Waals surface area contributed by atoms with Gasteiger partial charge in [0, 0.05) is 24.3 Å². The van der Waals surface area contributed by atoms with Gasteiger partial charge in [0.1, 0.15) is 0 Å². The van der Waals surface area contributed by atoms with Crippen molar-refractivity contribution in [3.8, 4) is 0 Å². The molecule has 3 atom stereocenters. The van der Waals surface area contributed by atoms with E-state index < -0.39 is 0 Å². The minimum absolute atomic E-state index is 0.0258. The lowest BCUT2D eigenvalue weighted by Crippen LogP contribution is -2.36. The first-order valence-corrected chi connectivity index (χ1v) is 11.8. The number of likely N-dealkylation sites (tertiary alicyclic amines) is 1. The van der Waals surface area contributed by atoms with Crippen LogP contribution in [0.5, 0.6) is 0 Å². The van der Waals surface area contributed by atoms with Crippen LogP contribution in [0.2, 0.25) is 0 Å². The molecule has 0 radical (unpaired) electrons. The fraction of sp³-hybridized carbons (Fsp3) is 0.720. The Kier molecular flexibility index (Phi) is 4.99. The van der Waals surface area contributed by atoms with Crippen molar-refractivity contribution in [2.24, 2.45) is 5.41 Å². The van der Waals surface area contributed by atoms with Crippen molar-refractivity contribution >= 4 is 11.6 Å². The molecule has 2 heterocycles. The molecule has 0 aromatic heterocycles. The molecule has 152 valence electrons. The molecule has 0 bridgehead atoms. The summed E-state index contributed by atoms with van der Waals surface area (Å²) in [5.74, 6) is 1.11. The van der Waals surface area contributed by atoms with Gasteiger partial charge in [-0.25, -0.2) is 0 Å². The summed E-state index contributed by atoms with van der Waals surface area (Å²) in [6.07, 6.45) is 13.8. The van der Waals surface area contributed by atoms with E-state index in [2.05, 4.69) is 41.0 Å². The highest BCUT2D eigenvalue weighted by molar-refractivity contribution is 5.99. The third kappa shape index (κ3) is 3.20. The number of carbonyl (C=O) groups excluding carboxylic acids is 1. The predicted molar refractivity (Wildman–Crippen MR) is 115 cm³/mol. The van der Waals surface area contributed by atoms with Gasteiger partial charge in [-0.3, -0.25) is 9.69 Å². The van der Waals surface area contributed by atoms with Gasteiger partial charge < -0.3 is 4.90 Å². The first-order chi connectivity index (χ1) is 13.7. The molecule has 3 heteroatoms. The molecule has 0 unspecified atom stereocenters. The van der Waals surface area contributed by atoms with E-state index >= 15 is 0 Å². The zero-order valence-electron chi connectivity index (χ0n) is 17.5. The molecule has 4 fully saturated rings. The normalized spacial score (nSPS) is 33.2. The lowest BCUT2D eigenvalue weighted by molar-refractivity contribution is -0.127. The monoisotopic (exact) mass is 380 g/mol. The molecular weight excluding hydrogens is 344 g/mol. The molecule has 2 aliphatic heterocycles. The van der Waals surface area contributed by atoms with Crippen LogP contribution in [0.15, 0.2) is 24.3 Å². The van der Waals surface area contributed by atoms with E-state index in [4.69, 9.17) is 0 Å². The second kappa shape index (κ2) is 7.48. The average molecular weight is 381 g/mol. The van der Waals surface area contributed by atoms with Gasteiger partial charge in [0.05, 0.1) is 5.41 Å². The maximum absolute atomic E-state index is 13.2. The Balaban J connectivity index is 1.25. The first-order valence-electron chi connectivity index (χ1n) is 11.8. The highest BCUT2D eigenvalue weighted by atomic mass is 16.2. The summed E-state index contributed by atoms with van der Waals surface area (Å²) in [6, 6.07) is 10.6. The minimum Gasteiger partial charge on any atom is -0.312 e. The van der Waals surface area contributed by atoms with Crippen LogP contribution >= 0.6 is 0 Å². The smallest absolute Gasteiger partial charge is 0.233 e. The summed E-state index contributed by atoms with van der Waals surface area (Å²) in [7, 11) is 0. The Hall–Kier alpha value is -1.35. The topological polar surface area (TPSA) is 23.6 Å². The number of hydrogen-bond donors (Lipinski definition) is 0. The van der Waals surface area contributed by atoms with Crippen molar-refractivity contribution < 1.29 is 4.79 Å². The lowest BCUT2D eigenvalue weighted by Gasteiger charge is -2.31. The molecular formula is C25H36N2O. The first kappa shape index (κ1) is 18.7. The number of anilines is 1. The van der Waals surface area contributed by atoms with Crippen molar-refractivity contribution in [1.82, 2.24) is 4.90 Å². The van der Waals surface area contributed by atoms with Gasteiger partial charge in [-0.15, -0.1) is 0 Å². The van der Waals surface area contributed by atoms with Crippen LogP contribution in [-0.2, 0) is 4.79 Å².